The Hall–Kier alpha value is -1.50. The summed E-state index contributed by atoms with van der Waals surface area (Å²) in [4.78, 5) is 4.29. The van der Waals surface area contributed by atoms with Crippen molar-refractivity contribution in [3.63, 3.8) is 0 Å². The quantitative estimate of drug-likeness (QED) is 0.847. The minimum Gasteiger partial charge on any atom is -0.315 e. The first-order valence-corrected chi connectivity index (χ1v) is 8.08. The van der Waals surface area contributed by atoms with Crippen molar-refractivity contribution in [1.29, 1.82) is 0 Å². The van der Waals surface area contributed by atoms with Crippen molar-refractivity contribution in [1.82, 2.24) is 15.0 Å². The molecule has 0 aliphatic rings. The molecule has 0 aliphatic carbocycles. The van der Waals surface area contributed by atoms with Crippen LogP contribution in [0.5, 0.6) is 0 Å². The van der Waals surface area contributed by atoms with E-state index in [0.29, 0.717) is 6.54 Å². The van der Waals surface area contributed by atoms with Gasteiger partial charge in [0.2, 0.25) is 10.0 Å². The van der Waals surface area contributed by atoms with Crippen molar-refractivity contribution in [3.8, 4) is 0 Å². The van der Waals surface area contributed by atoms with Crippen molar-refractivity contribution in [3.05, 3.63) is 36.7 Å². The van der Waals surface area contributed by atoms with Crippen LogP contribution in [0.3, 0.4) is 0 Å². The van der Waals surface area contributed by atoms with Gasteiger partial charge in [-0.15, -0.1) is 0 Å². The predicted molar refractivity (Wildman–Crippen MR) is 80.1 cm³/mol. The summed E-state index contributed by atoms with van der Waals surface area (Å²) in [5.74, 6) is 0. The molecule has 2 rings (SSSR count). The van der Waals surface area contributed by atoms with Gasteiger partial charge in [-0.05, 0) is 37.1 Å². The van der Waals surface area contributed by atoms with E-state index in [-0.39, 0.29) is 10.9 Å². The first-order valence-electron chi connectivity index (χ1n) is 6.60. The second kappa shape index (κ2) is 6.30. The highest BCUT2D eigenvalue weighted by molar-refractivity contribution is 7.89. The van der Waals surface area contributed by atoms with Gasteiger partial charge in [0.25, 0.3) is 0 Å². The highest BCUT2D eigenvalue weighted by atomic mass is 32.2. The summed E-state index contributed by atoms with van der Waals surface area (Å²) in [7, 11) is -3.49. The first-order chi connectivity index (χ1) is 9.53. The van der Waals surface area contributed by atoms with Crippen LogP contribution in [0.1, 0.15) is 13.8 Å². The minimum absolute atomic E-state index is 0.159. The lowest BCUT2D eigenvalue weighted by Gasteiger charge is -2.14. The molecule has 6 heteroatoms. The maximum atomic E-state index is 12.3. The van der Waals surface area contributed by atoms with Gasteiger partial charge in [0, 0.05) is 30.4 Å². The molecule has 1 heterocycles. The number of sulfonamides is 1. The van der Waals surface area contributed by atoms with Crippen LogP contribution in [0.4, 0.5) is 0 Å². The predicted octanol–water partition coefficient (Wildman–Crippen LogP) is 1.51. The molecule has 2 aromatic rings. The Morgan fingerprint density at radius 2 is 2.05 bits per heavy atom. The van der Waals surface area contributed by atoms with E-state index in [2.05, 4.69) is 15.0 Å². The van der Waals surface area contributed by atoms with E-state index in [9.17, 15) is 8.42 Å². The van der Waals surface area contributed by atoms with Crippen LogP contribution < -0.4 is 10.0 Å². The number of benzene rings is 1. The van der Waals surface area contributed by atoms with Gasteiger partial charge < -0.3 is 5.32 Å². The molecule has 2 N–H and O–H groups in total. The number of rotatable bonds is 6. The van der Waals surface area contributed by atoms with Crippen LogP contribution in [0.25, 0.3) is 10.8 Å². The summed E-state index contributed by atoms with van der Waals surface area (Å²) in [6.45, 7) is 5.24. The van der Waals surface area contributed by atoms with E-state index in [1.54, 1.807) is 36.7 Å². The molecule has 0 spiro atoms. The van der Waals surface area contributed by atoms with E-state index in [1.165, 1.54) is 0 Å². The number of fused-ring (bicyclic) bond motifs is 1. The van der Waals surface area contributed by atoms with Gasteiger partial charge in [0.05, 0.1) is 4.90 Å². The van der Waals surface area contributed by atoms with Gasteiger partial charge in [-0.1, -0.05) is 13.0 Å². The number of pyridine rings is 1. The molecule has 1 atom stereocenters. The Morgan fingerprint density at radius 1 is 1.25 bits per heavy atom. The third-order valence-corrected chi connectivity index (χ3v) is 4.57. The molecule has 0 saturated heterocycles. The van der Waals surface area contributed by atoms with E-state index < -0.39 is 10.0 Å². The van der Waals surface area contributed by atoms with Crippen LogP contribution >= 0.6 is 0 Å². The number of likely N-dealkylation sites (N-methyl/N-ethyl adjacent to an activating group) is 1. The van der Waals surface area contributed by atoms with Crippen molar-refractivity contribution in [2.75, 3.05) is 13.1 Å². The van der Waals surface area contributed by atoms with Crippen LogP contribution in [0, 0.1) is 0 Å². The molecule has 108 valence electrons. The molecule has 0 radical (unpaired) electrons. The largest absolute Gasteiger partial charge is 0.315 e. The molecule has 20 heavy (non-hydrogen) atoms. The normalized spacial score (nSPS) is 13.5. The summed E-state index contributed by atoms with van der Waals surface area (Å²) in [6.07, 6.45) is 3.37. The maximum absolute atomic E-state index is 12.3. The van der Waals surface area contributed by atoms with Crippen LogP contribution in [0.15, 0.2) is 41.6 Å². The van der Waals surface area contributed by atoms with Crippen molar-refractivity contribution < 1.29 is 8.42 Å². The average Bonchev–Trinajstić information content (AvgIpc) is 2.44. The number of nitrogens with zero attached hydrogens (tertiary/aromatic N) is 1. The Bertz CT molecular complexity index is 686. The summed E-state index contributed by atoms with van der Waals surface area (Å²) in [6, 6.07) is 6.68. The summed E-state index contributed by atoms with van der Waals surface area (Å²) in [5, 5.41) is 4.90. The Labute approximate surface area is 119 Å². The van der Waals surface area contributed by atoms with Gasteiger partial charge in [-0.3, -0.25) is 4.98 Å². The molecular weight excluding hydrogens is 274 g/mol. The molecule has 0 saturated carbocycles. The molecule has 0 unspecified atom stereocenters. The number of hydrogen-bond donors (Lipinski definition) is 2. The lowest BCUT2D eigenvalue weighted by atomic mass is 10.2. The fourth-order valence-electron chi connectivity index (χ4n) is 1.96. The lowest BCUT2D eigenvalue weighted by molar-refractivity contribution is 0.542. The second-order valence-electron chi connectivity index (χ2n) is 4.71. The number of nitrogens with one attached hydrogen (secondary N) is 2. The zero-order chi connectivity index (χ0) is 14.6. The average molecular weight is 293 g/mol. The van der Waals surface area contributed by atoms with Gasteiger partial charge in [-0.25, -0.2) is 13.1 Å². The van der Waals surface area contributed by atoms with Gasteiger partial charge in [0.15, 0.2) is 0 Å². The molecule has 1 aromatic carbocycles. The highest BCUT2D eigenvalue weighted by Gasteiger charge is 2.17. The van der Waals surface area contributed by atoms with Crippen LogP contribution in [0.2, 0.25) is 0 Å². The molecule has 1 aromatic heterocycles. The third-order valence-electron chi connectivity index (χ3n) is 2.98. The molecule has 0 amide bonds. The summed E-state index contributed by atoms with van der Waals surface area (Å²) in [5.41, 5.74) is 0. The zero-order valence-electron chi connectivity index (χ0n) is 11.6. The van der Waals surface area contributed by atoms with Crippen LogP contribution in [-0.4, -0.2) is 32.5 Å². The Balaban J connectivity index is 2.23. The zero-order valence-corrected chi connectivity index (χ0v) is 12.4. The standard InChI is InChI=1S/C14H19N3O2S/c1-3-15-9-11(2)17-20(18,19)14-5-4-13-10-16-7-6-12(13)8-14/h4-8,10-11,15,17H,3,9H2,1-2H3/t11-/m1/s1. The monoisotopic (exact) mass is 293 g/mol. The third kappa shape index (κ3) is 3.53. The van der Waals surface area contributed by atoms with Crippen molar-refractivity contribution in [2.24, 2.45) is 0 Å². The van der Waals surface area contributed by atoms with Crippen molar-refractivity contribution in [2.45, 2.75) is 24.8 Å². The smallest absolute Gasteiger partial charge is 0.240 e. The van der Waals surface area contributed by atoms with E-state index in [4.69, 9.17) is 0 Å². The fraction of sp³-hybridized carbons (Fsp3) is 0.357. The minimum atomic E-state index is -3.49. The lowest BCUT2D eigenvalue weighted by Crippen LogP contribution is -2.39. The maximum Gasteiger partial charge on any atom is 0.240 e. The molecule has 5 nitrogen and oxygen atoms in total. The van der Waals surface area contributed by atoms with Gasteiger partial charge in [0.1, 0.15) is 0 Å². The van der Waals surface area contributed by atoms with E-state index in [0.717, 1.165) is 17.3 Å². The Morgan fingerprint density at radius 3 is 2.80 bits per heavy atom. The summed E-state index contributed by atoms with van der Waals surface area (Å²) >= 11 is 0. The molecule has 0 fully saturated rings. The number of hydrogen-bond acceptors (Lipinski definition) is 4. The fourth-order valence-corrected chi connectivity index (χ4v) is 3.24. The van der Waals surface area contributed by atoms with E-state index >= 15 is 0 Å². The molecular formula is C14H19N3O2S. The Kier molecular flexibility index (Phi) is 4.69. The van der Waals surface area contributed by atoms with E-state index in [1.807, 2.05) is 13.8 Å². The summed E-state index contributed by atoms with van der Waals surface area (Å²) < 4.78 is 27.3. The molecule has 0 bridgehead atoms. The SMILES string of the molecule is CCNC[C@@H](C)NS(=O)(=O)c1ccc2cnccc2c1. The molecule has 0 aliphatic heterocycles. The van der Waals surface area contributed by atoms with Crippen molar-refractivity contribution >= 4 is 20.8 Å². The number of aromatic nitrogens is 1. The highest BCUT2D eigenvalue weighted by Crippen LogP contribution is 2.18. The topological polar surface area (TPSA) is 71.1 Å². The van der Waals surface area contributed by atoms with Gasteiger partial charge in [-0.2, -0.15) is 0 Å². The second-order valence-corrected chi connectivity index (χ2v) is 6.43. The van der Waals surface area contributed by atoms with Crippen LogP contribution in [-0.2, 0) is 10.0 Å². The first kappa shape index (κ1) is 14.9. The van der Waals surface area contributed by atoms with Gasteiger partial charge >= 0.3 is 0 Å².